The van der Waals surface area contributed by atoms with Gasteiger partial charge in [0, 0.05) is 30.0 Å². The zero-order valence-corrected chi connectivity index (χ0v) is 13.9. The Labute approximate surface area is 136 Å². The third-order valence-electron chi connectivity index (χ3n) is 4.40. The van der Waals surface area contributed by atoms with Crippen molar-refractivity contribution >= 4 is 5.82 Å². The van der Waals surface area contributed by atoms with Gasteiger partial charge in [0.05, 0.1) is 6.61 Å². The van der Waals surface area contributed by atoms with Crippen LogP contribution in [0.2, 0.25) is 0 Å². The summed E-state index contributed by atoms with van der Waals surface area (Å²) in [6, 6.07) is 8.70. The van der Waals surface area contributed by atoms with Gasteiger partial charge >= 0.3 is 0 Å². The average Bonchev–Trinajstić information content (AvgIpc) is 3.15. The van der Waals surface area contributed by atoms with Crippen LogP contribution in [0.5, 0.6) is 0 Å². The highest BCUT2D eigenvalue weighted by atomic mass is 19.1. The van der Waals surface area contributed by atoms with Crippen molar-refractivity contribution in [1.29, 1.82) is 0 Å². The van der Waals surface area contributed by atoms with E-state index in [0.29, 0.717) is 25.6 Å². The highest BCUT2D eigenvalue weighted by molar-refractivity contribution is 5.38. The monoisotopic (exact) mass is 318 g/mol. The summed E-state index contributed by atoms with van der Waals surface area (Å²) < 4.78 is 24.6. The van der Waals surface area contributed by atoms with Crippen molar-refractivity contribution in [3.8, 4) is 0 Å². The van der Waals surface area contributed by atoms with Gasteiger partial charge in [-0.25, -0.2) is 4.39 Å². The third kappa shape index (κ3) is 3.39. The maximum absolute atomic E-state index is 13.6. The van der Waals surface area contributed by atoms with Gasteiger partial charge in [-0.05, 0) is 24.1 Å². The van der Waals surface area contributed by atoms with Crippen LogP contribution in [-0.2, 0) is 15.6 Å². The summed E-state index contributed by atoms with van der Waals surface area (Å²) in [4.78, 5) is 0. The molecule has 1 aromatic heterocycles. The molecule has 0 radical (unpaired) electrons. The summed E-state index contributed by atoms with van der Waals surface area (Å²) >= 11 is 0. The van der Waals surface area contributed by atoms with Gasteiger partial charge in [0.1, 0.15) is 11.6 Å². The van der Waals surface area contributed by atoms with Crippen molar-refractivity contribution in [2.75, 3.05) is 25.1 Å². The number of ether oxygens (including phenoxy) is 1. The SMILES string of the molecule is CC(C)(C)c1cc(NC[C@]2(c3cccc(F)c3)CCOC2)no1. The zero-order chi connectivity index (χ0) is 16.5. The molecule has 1 aromatic carbocycles. The van der Waals surface area contributed by atoms with Crippen molar-refractivity contribution < 1.29 is 13.7 Å². The van der Waals surface area contributed by atoms with Gasteiger partial charge in [-0.3, -0.25) is 0 Å². The van der Waals surface area contributed by atoms with Crippen LogP contribution in [0.3, 0.4) is 0 Å². The molecule has 3 rings (SSSR count). The molecule has 2 aromatic rings. The minimum atomic E-state index is -0.233. The lowest BCUT2D eigenvalue weighted by molar-refractivity contribution is 0.179. The van der Waals surface area contributed by atoms with E-state index < -0.39 is 0 Å². The van der Waals surface area contributed by atoms with Crippen LogP contribution in [0.4, 0.5) is 10.2 Å². The number of halogens is 1. The largest absolute Gasteiger partial charge is 0.380 e. The molecule has 0 aliphatic carbocycles. The number of nitrogens with zero attached hydrogens (tertiary/aromatic N) is 1. The molecule has 5 heteroatoms. The molecule has 0 unspecified atom stereocenters. The molecule has 124 valence electrons. The summed E-state index contributed by atoms with van der Waals surface area (Å²) in [6.45, 7) is 8.13. The summed E-state index contributed by atoms with van der Waals surface area (Å²) in [6.07, 6.45) is 0.855. The number of benzene rings is 1. The molecule has 0 amide bonds. The van der Waals surface area contributed by atoms with Gasteiger partial charge in [0.25, 0.3) is 0 Å². The normalized spacial score (nSPS) is 21.6. The molecule has 1 aliphatic heterocycles. The van der Waals surface area contributed by atoms with Crippen LogP contribution in [0.1, 0.15) is 38.5 Å². The van der Waals surface area contributed by atoms with E-state index >= 15 is 0 Å². The molecule has 23 heavy (non-hydrogen) atoms. The molecule has 1 saturated heterocycles. The topological polar surface area (TPSA) is 47.3 Å². The highest BCUT2D eigenvalue weighted by Crippen LogP contribution is 2.34. The lowest BCUT2D eigenvalue weighted by Crippen LogP contribution is -2.35. The van der Waals surface area contributed by atoms with Gasteiger partial charge in [-0.15, -0.1) is 0 Å². The third-order valence-corrected chi connectivity index (χ3v) is 4.40. The molecule has 1 N–H and O–H groups in total. The van der Waals surface area contributed by atoms with Crippen molar-refractivity contribution in [3.05, 3.63) is 47.5 Å². The van der Waals surface area contributed by atoms with Crippen LogP contribution < -0.4 is 5.32 Å². The minimum absolute atomic E-state index is 0.0797. The minimum Gasteiger partial charge on any atom is -0.380 e. The Morgan fingerprint density at radius 3 is 2.74 bits per heavy atom. The Morgan fingerprint density at radius 1 is 1.30 bits per heavy atom. The number of hydrogen-bond acceptors (Lipinski definition) is 4. The number of nitrogens with one attached hydrogen (secondary N) is 1. The predicted octanol–water partition coefficient (Wildman–Crippen LogP) is 3.88. The van der Waals surface area contributed by atoms with E-state index in [1.165, 1.54) is 6.07 Å². The van der Waals surface area contributed by atoms with Gasteiger partial charge in [0.15, 0.2) is 5.82 Å². The fourth-order valence-corrected chi connectivity index (χ4v) is 2.87. The van der Waals surface area contributed by atoms with Gasteiger partial charge in [-0.2, -0.15) is 0 Å². The Kier molecular flexibility index (Phi) is 4.15. The fourth-order valence-electron chi connectivity index (χ4n) is 2.87. The van der Waals surface area contributed by atoms with E-state index in [4.69, 9.17) is 9.26 Å². The standard InChI is InChI=1S/C18H23FN2O2/c1-17(2,3)15-10-16(21-23-15)20-11-18(7-8-22-12-18)13-5-4-6-14(19)9-13/h4-6,9-10H,7-8,11-12H2,1-3H3,(H,20,21)/t18-/m1/s1. The first kappa shape index (κ1) is 16.0. The highest BCUT2D eigenvalue weighted by Gasteiger charge is 2.37. The van der Waals surface area contributed by atoms with E-state index in [9.17, 15) is 4.39 Å². The molecule has 4 nitrogen and oxygen atoms in total. The van der Waals surface area contributed by atoms with E-state index in [2.05, 4.69) is 31.2 Å². The van der Waals surface area contributed by atoms with Crippen molar-refractivity contribution in [1.82, 2.24) is 5.16 Å². The fraction of sp³-hybridized carbons (Fsp3) is 0.500. The molecule has 0 bridgehead atoms. The number of rotatable bonds is 4. The molecule has 0 spiro atoms. The maximum Gasteiger partial charge on any atom is 0.169 e. The molecule has 1 atom stereocenters. The van der Waals surface area contributed by atoms with Gasteiger partial charge < -0.3 is 14.6 Å². The lowest BCUT2D eigenvalue weighted by Gasteiger charge is -2.28. The Balaban J connectivity index is 1.77. The van der Waals surface area contributed by atoms with Crippen LogP contribution in [-0.4, -0.2) is 24.9 Å². The van der Waals surface area contributed by atoms with Crippen molar-refractivity contribution in [2.24, 2.45) is 0 Å². The van der Waals surface area contributed by atoms with Crippen molar-refractivity contribution in [3.63, 3.8) is 0 Å². The van der Waals surface area contributed by atoms with Crippen LogP contribution >= 0.6 is 0 Å². The first-order chi connectivity index (χ1) is 10.9. The average molecular weight is 318 g/mol. The van der Waals surface area contributed by atoms with Gasteiger partial charge in [-0.1, -0.05) is 38.1 Å². The molecule has 0 saturated carbocycles. The van der Waals surface area contributed by atoms with Crippen LogP contribution in [0.15, 0.2) is 34.9 Å². The first-order valence-electron chi connectivity index (χ1n) is 7.94. The first-order valence-corrected chi connectivity index (χ1v) is 7.94. The molecule has 1 aliphatic rings. The summed E-state index contributed by atoms with van der Waals surface area (Å²) in [5.41, 5.74) is 0.647. The molecular weight excluding hydrogens is 295 g/mol. The second-order valence-electron chi connectivity index (χ2n) is 7.27. The summed E-state index contributed by atoms with van der Waals surface area (Å²) in [5.74, 6) is 1.32. The molecular formula is C18H23FN2O2. The quantitative estimate of drug-likeness (QED) is 0.929. The second kappa shape index (κ2) is 5.96. The van der Waals surface area contributed by atoms with Crippen LogP contribution in [0.25, 0.3) is 0 Å². The Hall–Kier alpha value is -1.88. The van der Waals surface area contributed by atoms with Crippen molar-refractivity contribution in [2.45, 2.75) is 38.0 Å². The molecule has 1 fully saturated rings. The molecule has 2 heterocycles. The van der Waals surface area contributed by atoms with E-state index in [0.717, 1.165) is 17.7 Å². The van der Waals surface area contributed by atoms with E-state index in [1.54, 1.807) is 12.1 Å². The second-order valence-corrected chi connectivity index (χ2v) is 7.27. The Bertz CT molecular complexity index is 670. The number of hydrogen-bond donors (Lipinski definition) is 1. The number of anilines is 1. The zero-order valence-electron chi connectivity index (χ0n) is 13.9. The maximum atomic E-state index is 13.6. The number of aromatic nitrogens is 1. The van der Waals surface area contributed by atoms with Gasteiger partial charge in [0.2, 0.25) is 0 Å². The lowest BCUT2D eigenvalue weighted by atomic mass is 9.79. The van der Waals surface area contributed by atoms with Crippen LogP contribution in [0, 0.1) is 5.82 Å². The van der Waals surface area contributed by atoms with E-state index in [1.807, 2.05) is 12.1 Å². The Morgan fingerprint density at radius 2 is 2.13 bits per heavy atom. The summed E-state index contributed by atoms with van der Waals surface area (Å²) in [7, 11) is 0. The smallest absolute Gasteiger partial charge is 0.169 e. The predicted molar refractivity (Wildman–Crippen MR) is 87.2 cm³/mol. The van der Waals surface area contributed by atoms with E-state index in [-0.39, 0.29) is 16.6 Å². The summed E-state index contributed by atoms with van der Waals surface area (Å²) in [5, 5.41) is 7.42.